The van der Waals surface area contributed by atoms with E-state index in [0.717, 1.165) is 65.9 Å². The molecule has 0 atom stereocenters. The summed E-state index contributed by atoms with van der Waals surface area (Å²) in [5.41, 5.74) is 9.03. The Balaban J connectivity index is 1.24. The maximum Gasteiger partial charge on any atom is 0.235 e. The summed E-state index contributed by atoms with van der Waals surface area (Å²) in [6, 6.07) is 57.7. The molecule has 11 aromatic rings. The van der Waals surface area contributed by atoms with Gasteiger partial charge in [0, 0.05) is 27.1 Å². The smallest absolute Gasteiger partial charge is 0.235 e. The fourth-order valence-electron chi connectivity index (χ4n) is 7.94. The van der Waals surface area contributed by atoms with E-state index >= 15 is 0 Å². The minimum Gasteiger partial charge on any atom is -0.455 e. The van der Waals surface area contributed by atoms with Gasteiger partial charge in [0.2, 0.25) is 5.95 Å². The topological polar surface area (TPSA) is 43.9 Å². The lowest BCUT2D eigenvalue weighted by molar-refractivity contribution is 0.673. The maximum atomic E-state index is 6.86. The monoisotopic (exact) mass is 637 g/mol. The molecule has 8 aromatic carbocycles. The maximum absolute atomic E-state index is 6.86. The molecule has 0 aliphatic rings. The highest BCUT2D eigenvalue weighted by Gasteiger charge is 2.23. The third kappa shape index (κ3) is 3.87. The molecule has 0 aliphatic heterocycles. The zero-order chi connectivity index (χ0) is 32.8. The van der Waals surface area contributed by atoms with Crippen molar-refractivity contribution in [3.05, 3.63) is 164 Å². The van der Waals surface area contributed by atoms with Crippen LogP contribution >= 0.6 is 0 Å². The van der Waals surface area contributed by atoms with Crippen LogP contribution < -0.4 is 0 Å². The van der Waals surface area contributed by atoms with E-state index in [-0.39, 0.29) is 0 Å². The van der Waals surface area contributed by atoms with E-state index in [4.69, 9.17) is 14.4 Å². The lowest BCUT2D eigenvalue weighted by atomic mass is 9.97. The van der Waals surface area contributed by atoms with E-state index in [1.165, 1.54) is 32.7 Å². The molecule has 0 N–H and O–H groups in total. The predicted molar refractivity (Wildman–Crippen MR) is 207 cm³/mol. The van der Waals surface area contributed by atoms with Crippen LogP contribution in [0.2, 0.25) is 0 Å². The Labute approximate surface area is 286 Å². The van der Waals surface area contributed by atoms with Crippen LogP contribution in [0, 0.1) is 0 Å². The standard InChI is InChI=1S/C46H27N3O/c1-2-13-30(14-3-1)44-36-18-8-9-20-38(36)47-46(48-44)49-39-24-21-29-12-5-7-17-34(29)42(39)43-40(49)25-23-35-37-27-31(22-26-41(37)50-45(35)43)33-19-10-15-28-11-4-6-16-32(28)33/h1-27H. The number of aromatic nitrogens is 3. The van der Waals surface area contributed by atoms with Gasteiger partial charge in [0.15, 0.2) is 0 Å². The van der Waals surface area contributed by atoms with E-state index in [9.17, 15) is 0 Å². The predicted octanol–water partition coefficient (Wildman–Crippen LogP) is 12.3. The van der Waals surface area contributed by atoms with Crippen molar-refractivity contribution in [2.45, 2.75) is 0 Å². The third-order valence-corrected chi connectivity index (χ3v) is 10.2. The highest BCUT2D eigenvalue weighted by Crippen LogP contribution is 2.44. The van der Waals surface area contributed by atoms with Crippen LogP contribution in [-0.2, 0) is 0 Å². The highest BCUT2D eigenvalue weighted by molar-refractivity contribution is 6.29. The molecule has 3 heterocycles. The van der Waals surface area contributed by atoms with Gasteiger partial charge in [-0.25, -0.2) is 9.97 Å². The number of rotatable bonds is 3. The highest BCUT2D eigenvalue weighted by atomic mass is 16.3. The minimum atomic E-state index is 0.631. The number of hydrogen-bond donors (Lipinski definition) is 0. The van der Waals surface area contributed by atoms with Crippen molar-refractivity contribution >= 4 is 76.2 Å². The second-order valence-electron chi connectivity index (χ2n) is 12.9. The van der Waals surface area contributed by atoms with Crippen molar-refractivity contribution in [2.24, 2.45) is 0 Å². The first-order chi connectivity index (χ1) is 24.8. The average molecular weight is 638 g/mol. The van der Waals surface area contributed by atoms with Crippen LogP contribution in [-0.4, -0.2) is 14.5 Å². The second-order valence-corrected chi connectivity index (χ2v) is 12.9. The van der Waals surface area contributed by atoms with Crippen LogP contribution in [0.15, 0.2) is 168 Å². The van der Waals surface area contributed by atoms with Gasteiger partial charge in [-0.05, 0) is 69.1 Å². The van der Waals surface area contributed by atoms with Gasteiger partial charge >= 0.3 is 0 Å². The third-order valence-electron chi connectivity index (χ3n) is 10.2. The molecule has 4 heteroatoms. The van der Waals surface area contributed by atoms with Crippen molar-refractivity contribution in [2.75, 3.05) is 0 Å². The van der Waals surface area contributed by atoms with Crippen LogP contribution in [0.3, 0.4) is 0 Å². The molecule has 0 bridgehead atoms. The molecule has 0 unspecified atom stereocenters. The van der Waals surface area contributed by atoms with Gasteiger partial charge in [0.05, 0.1) is 27.6 Å². The number of fused-ring (bicyclic) bond motifs is 11. The molecule has 232 valence electrons. The largest absolute Gasteiger partial charge is 0.455 e. The summed E-state index contributed by atoms with van der Waals surface area (Å²) in [6.07, 6.45) is 0. The lowest BCUT2D eigenvalue weighted by Crippen LogP contribution is -2.03. The number of hydrogen-bond acceptors (Lipinski definition) is 3. The van der Waals surface area contributed by atoms with Gasteiger partial charge in [-0.2, -0.15) is 0 Å². The van der Waals surface area contributed by atoms with Crippen LogP contribution in [0.4, 0.5) is 0 Å². The van der Waals surface area contributed by atoms with Gasteiger partial charge in [-0.15, -0.1) is 0 Å². The van der Waals surface area contributed by atoms with E-state index in [1.807, 2.05) is 18.2 Å². The molecule has 3 aromatic heterocycles. The van der Waals surface area contributed by atoms with E-state index in [0.29, 0.717) is 5.95 Å². The molecule has 0 aliphatic carbocycles. The van der Waals surface area contributed by atoms with E-state index in [1.54, 1.807) is 0 Å². The molecule has 0 amide bonds. The van der Waals surface area contributed by atoms with Gasteiger partial charge in [-0.1, -0.05) is 127 Å². The summed E-state index contributed by atoms with van der Waals surface area (Å²) in [7, 11) is 0. The Kier molecular flexibility index (Phi) is 5.63. The Morgan fingerprint density at radius 3 is 2.02 bits per heavy atom. The van der Waals surface area contributed by atoms with E-state index in [2.05, 4.69) is 150 Å². The lowest BCUT2D eigenvalue weighted by Gasteiger charge is -2.11. The summed E-state index contributed by atoms with van der Waals surface area (Å²) < 4.78 is 9.07. The van der Waals surface area contributed by atoms with Crippen LogP contribution in [0.5, 0.6) is 0 Å². The van der Waals surface area contributed by atoms with Crippen molar-refractivity contribution in [3.63, 3.8) is 0 Å². The number of para-hydroxylation sites is 1. The van der Waals surface area contributed by atoms with Crippen molar-refractivity contribution < 1.29 is 4.42 Å². The molecule has 0 saturated carbocycles. The molecule has 0 radical (unpaired) electrons. The normalized spacial score (nSPS) is 12.0. The summed E-state index contributed by atoms with van der Waals surface area (Å²) in [6.45, 7) is 0. The molecule has 4 nitrogen and oxygen atoms in total. The summed E-state index contributed by atoms with van der Waals surface area (Å²) in [4.78, 5) is 10.5. The summed E-state index contributed by atoms with van der Waals surface area (Å²) in [5.74, 6) is 0.631. The zero-order valence-electron chi connectivity index (χ0n) is 26.8. The molecular formula is C46H27N3O. The number of nitrogens with zero attached hydrogens (tertiary/aromatic N) is 3. The second kappa shape index (κ2) is 10.4. The summed E-state index contributed by atoms with van der Waals surface area (Å²) >= 11 is 0. The quantitative estimate of drug-likeness (QED) is 0.194. The summed E-state index contributed by atoms with van der Waals surface area (Å²) in [5, 5.41) is 10.2. The molecule has 0 spiro atoms. The molecule has 0 fully saturated rings. The van der Waals surface area contributed by atoms with Gasteiger partial charge in [-0.3, -0.25) is 4.57 Å². The van der Waals surface area contributed by atoms with E-state index < -0.39 is 0 Å². The Morgan fingerprint density at radius 2 is 1.14 bits per heavy atom. The Bertz CT molecular complexity index is 3150. The fraction of sp³-hybridized carbons (Fsp3) is 0. The van der Waals surface area contributed by atoms with Crippen molar-refractivity contribution in [1.82, 2.24) is 14.5 Å². The van der Waals surface area contributed by atoms with Crippen molar-refractivity contribution in [1.29, 1.82) is 0 Å². The minimum absolute atomic E-state index is 0.631. The number of benzene rings is 8. The first-order valence-corrected chi connectivity index (χ1v) is 16.9. The van der Waals surface area contributed by atoms with Gasteiger partial charge < -0.3 is 4.42 Å². The Morgan fingerprint density at radius 1 is 0.440 bits per heavy atom. The first kappa shape index (κ1) is 27.2. The Hall–Kier alpha value is -6.78. The molecule has 50 heavy (non-hydrogen) atoms. The first-order valence-electron chi connectivity index (χ1n) is 16.9. The SMILES string of the molecule is c1ccc(-c2nc(-n3c4ccc5ccccc5c4c4c5oc6ccc(-c7cccc8ccccc78)cc6c5ccc43)nc3ccccc23)cc1. The van der Waals surface area contributed by atoms with Gasteiger partial charge in [0.25, 0.3) is 0 Å². The zero-order valence-corrected chi connectivity index (χ0v) is 26.8. The molecule has 11 rings (SSSR count). The number of furan rings is 1. The average Bonchev–Trinajstić information content (AvgIpc) is 3.73. The van der Waals surface area contributed by atoms with Crippen LogP contribution in [0.25, 0.3) is 105 Å². The fourth-order valence-corrected chi connectivity index (χ4v) is 7.94. The van der Waals surface area contributed by atoms with Gasteiger partial charge in [0.1, 0.15) is 11.2 Å². The molecule has 0 saturated heterocycles. The molecular weight excluding hydrogens is 611 g/mol. The van der Waals surface area contributed by atoms with Crippen LogP contribution in [0.1, 0.15) is 0 Å². The van der Waals surface area contributed by atoms with Crippen molar-refractivity contribution in [3.8, 4) is 28.3 Å².